The van der Waals surface area contributed by atoms with E-state index in [0.717, 1.165) is 0 Å². The molecule has 0 unspecified atom stereocenters. The zero-order valence-corrected chi connectivity index (χ0v) is 11.9. The van der Waals surface area contributed by atoms with Gasteiger partial charge in [-0.25, -0.2) is 4.79 Å². The maximum absolute atomic E-state index is 12.5. The van der Waals surface area contributed by atoms with Crippen LogP contribution in [0.4, 0.5) is 0 Å². The predicted octanol–water partition coefficient (Wildman–Crippen LogP) is 2.85. The molecule has 0 aliphatic heterocycles. The molecule has 2 heterocycles. The number of fused-ring (bicyclic) bond motifs is 1. The van der Waals surface area contributed by atoms with Gasteiger partial charge in [-0.1, -0.05) is 0 Å². The highest BCUT2D eigenvalue weighted by Crippen LogP contribution is 2.27. The van der Waals surface area contributed by atoms with Gasteiger partial charge in [-0.3, -0.25) is 4.79 Å². The number of carbonyl (C=O) groups excluding carboxylic acids is 1. The fourth-order valence-electron chi connectivity index (χ4n) is 2.25. The van der Waals surface area contributed by atoms with Crippen LogP contribution in [-0.2, 0) is 4.74 Å². The summed E-state index contributed by atoms with van der Waals surface area (Å²) in [5.41, 5.74) is 0.739. The van der Waals surface area contributed by atoms with E-state index in [1.165, 1.54) is 37.6 Å². The number of hydrogen-bond acceptors (Lipinski definition) is 6. The first-order chi connectivity index (χ1) is 10.5. The Labute approximate surface area is 124 Å². The number of ether oxygens (including phenoxy) is 1. The SMILES string of the molecule is COC(=O)c1cc(-c2coc3cc(O)ccc3c2=O)c(C)o1. The fourth-order valence-corrected chi connectivity index (χ4v) is 2.25. The number of aromatic hydroxyl groups is 1. The van der Waals surface area contributed by atoms with E-state index in [2.05, 4.69) is 4.74 Å². The molecule has 3 rings (SSSR count). The molecule has 6 nitrogen and oxygen atoms in total. The molecule has 1 aromatic carbocycles. The maximum atomic E-state index is 12.5. The number of phenolic OH excluding ortho intramolecular Hbond substituents is 1. The Balaban J connectivity index is 2.21. The van der Waals surface area contributed by atoms with Crippen molar-refractivity contribution in [2.45, 2.75) is 6.92 Å². The van der Waals surface area contributed by atoms with Crippen LogP contribution < -0.4 is 5.43 Å². The molecule has 0 fully saturated rings. The Morgan fingerprint density at radius 2 is 2.00 bits per heavy atom. The van der Waals surface area contributed by atoms with E-state index in [0.29, 0.717) is 16.7 Å². The van der Waals surface area contributed by atoms with Crippen molar-refractivity contribution in [3.63, 3.8) is 0 Å². The minimum Gasteiger partial charge on any atom is -0.508 e. The number of esters is 1. The molecule has 0 aliphatic carbocycles. The highest BCUT2D eigenvalue weighted by molar-refractivity contribution is 5.89. The van der Waals surface area contributed by atoms with Gasteiger partial charge in [0.1, 0.15) is 23.4 Å². The van der Waals surface area contributed by atoms with Crippen molar-refractivity contribution in [2.75, 3.05) is 7.11 Å². The van der Waals surface area contributed by atoms with Crippen LogP contribution in [0.2, 0.25) is 0 Å². The van der Waals surface area contributed by atoms with E-state index < -0.39 is 5.97 Å². The third-order valence-electron chi connectivity index (χ3n) is 3.35. The molecule has 6 heteroatoms. The molecule has 1 N–H and O–H groups in total. The van der Waals surface area contributed by atoms with Crippen molar-refractivity contribution in [3.05, 3.63) is 52.3 Å². The molecule has 0 aliphatic rings. The third kappa shape index (κ3) is 2.14. The number of methoxy groups -OCH3 is 1. The van der Waals surface area contributed by atoms with Crippen LogP contribution in [0.1, 0.15) is 16.3 Å². The fraction of sp³-hybridized carbons (Fsp3) is 0.125. The number of hydrogen-bond donors (Lipinski definition) is 1. The first-order valence-electron chi connectivity index (χ1n) is 6.45. The molecule has 2 aromatic heterocycles. The lowest BCUT2D eigenvalue weighted by atomic mass is 10.1. The van der Waals surface area contributed by atoms with E-state index in [4.69, 9.17) is 8.83 Å². The van der Waals surface area contributed by atoms with Crippen LogP contribution in [0.15, 0.2) is 44.2 Å². The predicted molar refractivity (Wildman–Crippen MR) is 77.9 cm³/mol. The first kappa shape index (κ1) is 13.9. The lowest BCUT2D eigenvalue weighted by molar-refractivity contribution is 0.0563. The summed E-state index contributed by atoms with van der Waals surface area (Å²) in [6, 6.07) is 5.70. The Bertz CT molecular complexity index is 931. The van der Waals surface area contributed by atoms with Crippen LogP contribution in [0.25, 0.3) is 22.1 Å². The van der Waals surface area contributed by atoms with E-state index in [-0.39, 0.29) is 28.1 Å². The van der Waals surface area contributed by atoms with Crippen LogP contribution in [-0.4, -0.2) is 18.2 Å². The monoisotopic (exact) mass is 300 g/mol. The highest BCUT2D eigenvalue weighted by atomic mass is 16.5. The second kappa shape index (κ2) is 5.07. The zero-order valence-electron chi connectivity index (χ0n) is 11.9. The Hall–Kier alpha value is -3.02. The summed E-state index contributed by atoms with van der Waals surface area (Å²) in [4.78, 5) is 24.0. The Morgan fingerprint density at radius 1 is 1.23 bits per heavy atom. The maximum Gasteiger partial charge on any atom is 0.373 e. The van der Waals surface area contributed by atoms with Gasteiger partial charge < -0.3 is 18.7 Å². The van der Waals surface area contributed by atoms with Gasteiger partial charge in [-0.2, -0.15) is 0 Å². The van der Waals surface area contributed by atoms with Crippen molar-refractivity contribution >= 4 is 16.9 Å². The molecular formula is C16H12O6. The van der Waals surface area contributed by atoms with E-state index in [1.54, 1.807) is 6.92 Å². The molecule has 0 spiro atoms. The van der Waals surface area contributed by atoms with Crippen LogP contribution in [0.5, 0.6) is 5.75 Å². The lowest BCUT2D eigenvalue weighted by Crippen LogP contribution is -2.04. The van der Waals surface area contributed by atoms with Gasteiger partial charge in [-0.05, 0) is 25.1 Å². The topological polar surface area (TPSA) is 89.9 Å². The average molecular weight is 300 g/mol. The van der Waals surface area contributed by atoms with Crippen molar-refractivity contribution in [1.29, 1.82) is 0 Å². The number of benzene rings is 1. The van der Waals surface area contributed by atoms with Gasteiger partial charge in [0, 0.05) is 11.6 Å². The Kier molecular flexibility index (Phi) is 3.21. The number of aryl methyl sites for hydroxylation is 1. The second-order valence-corrected chi connectivity index (χ2v) is 4.73. The summed E-state index contributed by atoms with van der Waals surface area (Å²) >= 11 is 0. The summed E-state index contributed by atoms with van der Waals surface area (Å²) in [5.74, 6) is -0.189. The van der Waals surface area contributed by atoms with Gasteiger partial charge in [0.2, 0.25) is 11.2 Å². The number of phenols is 1. The summed E-state index contributed by atoms with van der Waals surface area (Å²) in [7, 11) is 1.25. The minimum absolute atomic E-state index is 0.0101. The quantitative estimate of drug-likeness (QED) is 0.732. The summed E-state index contributed by atoms with van der Waals surface area (Å²) < 4.78 is 15.3. The second-order valence-electron chi connectivity index (χ2n) is 4.73. The normalized spacial score (nSPS) is 10.8. The molecule has 0 amide bonds. The molecule has 0 saturated carbocycles. The lowest BCUT2D eigenvalue weighted by Gasteiger charge is -2.01. The van der Waals surface area contributed by atoms with Gasteiger partial charge in [0.25, 0.3) is 0 Å². The molecule has 0 radical (unpaired) electrons. The van der Waals surface area contributed by atoms with Crippen LogP contribution in [0, 0.1) is 6.92 Å². The van der Waals surface area contributed by atoms with Gasteiger partial charge in [0.15, 0.2) is 0 Å². The van der Waals surface area contributed by atoms with Crippen LogP contribution >= 0.6 is 0 Å². The first-order valence-corrected chi connectivity index (χ1v) is 6.45. The molecule has 0 atom stereocenters. The molecule has 0 bridgehead atoms. The largest absolute Gasteiger partial charge is 0.508 e. The third-order valence-corrected chi connectivity index (χ3v) is 3.35. The summed E-state index contributed by atoms with van der Waals surface area (Å²) in [6.07, 6.45) is 1.28. The van der Waals surface area contributed by atoms with Crippen molar-refractivity contribution < 1.29 is 23.5 Å². The van der Waals surface area contributed by atoms with Gasteiger partial charge in [0.05, 0.1) is 18.1 Å². The van der Waals surface area contributed by atoms with Crippen molar-refractivity contribution in [2.24, 2.45) is 0 Å². The van der Waals surface area contributed by atoms with Gasteiger partial charge >= 0.3 is 5.97 Å². The Morgan fingerprint density at radius 3 is 2.73 bits per heavy atom. The smallest absolute Gasteiger partial charge is 0.373 e. The van der Waals surface area contributed by atoms with Crippen LogP contribution in [0.3, 0.4) is 0 Å². The highest BCUT2D eigenvalue weighted by Gasteiger charge is 2.19. The van der Waals surface area contributed by atoms with E-state index in [1.807, 2.05) is 0 Å². The van der Waals surface area contributed by atoms with Crippen molar-refractivity contribution in [3.8, 4) is 16.9 Å². The number of rotatable bonds is 2. The molecule has 3 aromatic rings. The zero-order chi connectivity index (χ0) is 15.9. The molecule has 22 heavy (non-hydrogen) atoms. The van der Waals surface area contributed by atoms with E-state index in [9.17, 15) is 14.7 Å². The minimum atomic E-state index is -0.621. The van der Waals surface area contributed by atoms with Crippen molar-refractivity contribution in [1.82, 2.24) is 0 Å². The average Bonchev–Trinajstić information content (AvgIpc) is 2.88. The summed E-state index contributed by atoms with van der Waals surface area (Å²) in [5, 5.41) is 9.74. The van der Waals surface area contributed by atoms with E-state index >= 15 is 0 Å². The standard InChI is InChI=1S/C16H12O6/c1-8-11(6-14(22-8)16(19)20-2)12-7-21-13-5-9(17)3-4-10(13)15(12)18/h3-7,17H,1-2H3. The molecule has 0 saturated heterocycles. The molecular weight excluding hydrogens is 288 g/mol. The number of furan rings is 1. The summed E-state index contributed by atoms with van der Waals surface area (Å²) in [6.45, 7) is 1.64. The van der Waals surface area contributed by atoms with Gasteiger partial charge in [-0.15, -0.1) is 0 Å². The molecule has 112 valence electrons. The number of carbonyl (C=O) groups is 1.